The molecule has 7 heteroatoms. The molecule has 0 radical (unpaired) electrons. The van der Waals surface area contributed by atoms with Gasteiger partial charge in [0.15, 0.2) is 0 Å². The molecule has 3 aromatic rings. The highest BCUT2D eigenvalue weighted by atomic mass is 32.2. The molecule has 0 amide bonds. The molecule has 124 valence electrons. The predicted octanol–water partition coefficient (Wildman–Crippen LogP) is 3.84. The third-order valence-corrected chi connectivity index (χ3v) is 5.22. The largest absolute Gasteiger partial charge is 0.339 e. The molecule has 0 saturated heterocycles. The third-order valence-electron chi connectivity index (χ3n) is 3.45. The summed E-state index contributed by atoms with van der Waals surface area (Å²) < 4.78 is 35.7. The van der Waals surface area contributed by atoms with E-state index in [4.69, 9.17) is 4.52 Å². The monoisotopic (exact) mass is 345 g/mol. The maximum Gasteiger partial charge on any atom is 0.223 e. The van der Waals surface area contributed by atoms with Crippen molar-refractivity contribution in [3.05, 3.63) is 65.8 Å². The lowest BCUT2D eigenvalue weighted by molar-refractivity contribution is 0.394. The molecule has 24 heavy (non-hydrogen) atoms. The minimum atomic E-state index is -2.81. The summed E-state index contributed by atoms with van der Waals surface area (Å²) in [6, 6.07) is 13.4. The standard InChI is InChI=1S/C17H16FN3O2S/c1-12-20-17(21-23-12)14-7-5-6-13(10-14)11-19-24(2,22)16-9-4-3-8-15(16)18/h3-10H,11H2,1-2H3. The number of nitrogens with zero attached hydrogens (tertiary/aromatic N) is 3. The van der Waals surface area contributed by atoms with Crippen LogP contribution in [0.1, 0.15) is 11.5 Å². The molecule has 0 aliphatic rings. The van der Waals surface area contributed by atoms with Crippen molar-refractivity contribution in [2.75, 3.05) is 6.26 Å². The lowest BCUT2D eigenvalue weighted by atomic mass is 10.1. The summed E-state index contributed by atoms with van der Waals surface area (Å²) in [7, 11) is -2.81. The van der Waals surface area contributed by atoms with E-state index in [1.165, 1.54) is 18.4 Å². The van der Waals surface area contributed by atoms with Crippen molar-refractivity contribution in [3.8, 4) is 11.4 Å². The van der Waals surface area contributed by atoms with Crippen LogP contribution in [0.25, 0.3) is 11.4 Å². The molecule has 1 heterocycles. The Labute approximate surface area is 139 Å². The van der Waals surface area contributed by atoms with Gasteiger partial charge in [-0.25, -0.2) is 13.0 Å². The highest BCUT2D eigenvalue weighted by molar-refractivity contribution is 7.93. The van der Waals surface area contributed by atoms with Crippen LogP contribution in [-0.2, 0) is 16.3 Å². The Balaban J connectivity index is 1.89. The van der Waals surface area contributed by atoms with Gasteiger partial charge in [0.25, 0.3) is 0 Å². The number of rotatable bonds is 4. The van der Waals surface area contributed by atoms with Crippen molar-refractivity contribution in [2.24, 2.45) is 4.36 Å². The molecule has 1 unspecified atom stereocenters. The van der Waals surface area contributed by atoms with E-state index in [0.717, 1.165) is 11.1 Å². The van der Waals surface area contributed by atoms with Crippen LogP contribution < -0.4 is 0 Å². The predicted molar refractivity (Wildman–Crippen MR) is 89.3 cm³/mol. The molecular weight excluding hydrogens is 329 g/mol. The second-order valence-corrected chi connectivity index (χ2v) is 7.66. The van der Waals surface area contributed by atoms with E-state index < -0.39 is 15.5 Å². The highest BCUT2D eigenvalue weighted by Crippen LogP contribution is 2.20. The first-order valence-corrected chi connectivity index (χ1v) is 9.20. The molecule has 2 aromatic carbocycles. The fourth-order valence-corrected chi connectivity index (χ4v) is 3.54. The number of aromatic nitrogens is 2. The van der Waals surface area contributed by atoms with Crippen LogP contribution in [0.4, 0.5) is 4.39 Å². The van der Waals surface area contributed by atoms with Crippen molar-refractivity contribution >= 4 is 9.73 Å². The topological polar surface area (TPSA) is 68.3 Å². The van der Waals surface area contributed by atoms with Crippen LogP contribution in [-0.4, -0.2) is 20.6 Å². The van der Waals surface area contributed by atoms with Crippen molar-refractivity contribution in [1.82, 2.24) is 10.1 Å². The van der Waals surface area contributed by atoms with E-state index in [9.17, 15) is 8.60 Å². The number of aryl methyl sites for hydroxylation is 1. The number of hydrogen-bond acceptors (Lipinski definition) is 5. The van der Waals surface area contributed by atoms with Gasteiger partial charge in [-0.3, -0.25) is 0 Å². The fourth-order valence-electron chi connectivity index (χ4n) is 2.24. The summed E-state index contributed by atoms with van der Waals surface area (Å²) in [5.74, 6) is 0.460. The normalized spacial score (nSPS) is 13.5. The van der Waals surface area contributed by atoms with Gasteiger partial charge < -0.3 is 4.52 Å². The van der Waals surface area contributed by atoms with Gasteiger partial charge in [-0.15, -0.1) is 0 Å². The minimum Gasteiger partial charge on any atom is -0.339 e. The Morgan fingerprint density at radius 1 is 1.21 bits per heavy atom. The zero-order valence-electron chi connectivity index (χ0n) is 13.3. The molecular formula is C17H16FN3O2S. The molecule has 0 aliphatic carbocycles. The van der Waals surface area contributed by atoms with E-state index in [-0.39, 0.29) is 11.4 Å². The van der Waals surface area contributed by atoms with Gasteiger partial charge in [0.05, 0.1) is 21.2 Å². The van der Waals surface area contributed by atoms with Gasteiger partial charge in [0, 0.05) is 18.7 Å². The van der Waals surface area contributed by atoms with E-state index in [0.29, 0.717) is 11.7 Å². The summed E-state index contributed by atoms with van der Waals surface area (Å²) in [4.78, 5) is 4.30. The summed E-state index contributed by atoms with van der Waals surface area (Å²) in [6.45, 7) is 1.92. The molecule has 0 N–H and O–H groups in total. The zero-order chi connectivity index (χ0) is 17.2. The van der Waals surface area contributed by atoms with Gasteiger partial charge >= 0.3 is 0 Å². The third kappa shape index (κ3) is 3.51. The average Bonchev–Trinajstić information content (AvgIpc) is 3.00. The molecule has 1 atom stereocenters. The quantitative estimate of drug-likeness (QED) is 0.720. The molecule has 0 spiro atoms. The van der Waals surface area contributed by atoms with Crippen LogP contribution >= 0.6 is 0 Å². The molecule has 0 bridgehead atoms. The second-order valence-electron chi connectivity index (χ2n) is 5.36. The van der Waals surface area contributed by atoms with Crippen LogP contribution in [0.3, 0.4) is 0 Å². The molecule has 0 saturated carbocycles. The van der Waals surface area contributed by atoms with Crippen molar-refractivity contribution < 1.29 is 13.1 Å². The lowest BCUT2D eigenvalue weighted by Gasteiger charge is -2.06. The molecule has 5 nitrogen and oxygen atoms in total. The first-order valence-electron chi connectivity index (χ1n) is 7.28. The maximum absolute atomic E-state index is 13.8. The van der Waals surface area contributed by atoms with Gasteiger partial charge in [-0.1, -0.05) is 35.5 Å². The van der Waals surface area contributed by atoms with E-state index in [1.807, 2.05) is 24.3 Å². The number of halogens is 1. The number of hydrogen-bond donors (Lipinski definition) is 0. The number of benzene rings is 2. The second kappa shape index (κ2) is 6.52. The average molecular weight is 345 g/mol. The van der Waals surface area contributed by atoms with Gasteiger partial charge in [-0.05, 0) is 23.8 Å². The Kier molecular flexibility index (Phi) is 4.44. The Morgan fingerprint density at radius 2 is 2.00 bits per heavy atom. The van der Waals surface area contributed by atoms with Crippen LogP contribution in [0.2, 0.25) is 0 Å². The van der Waals surface area contributed by atoms with Gasteiger partial charge in [-0.2, -0.15) is 4.98 Å². The molecule has 0 fully saturated rings. The van der Waals surface area contributed by atoms with Crippen molar-refractivity contribution in [1.29, 1.82) is 0 Å². The highest BCUT2D eigenvalue weighted by Gasteiger charge is 2.11. The summed E-state index contributed by atoms with van der Waals surface area (Å²) in [5, 5.41) is 3.87. The minimum absolute atomic E-state index is 0.120. The first kappa shape index (κ1) is 16.3. The summed E-state index contributed by atoms with van der Waals surface area (Å²) in [6.07, 6.45) is 1.44. The van der Waals surface area contributed by atoms with Crippen molar-refractivity contribution in [3.63, 3.8) is 0 Å². The summed E-state index contributed by atoms with van der Waals surface area (Å²) >= 11 is 0. The molecule has 3 rings (SSSR count). The lowest BCUT2D eigenvalue weighted by Crippen LogP contribution is -2.01. The first-order chi connectivity index (χ1) is 11.5. The Bertz CT molecular complexity index is 991. The fraction of sp³-hybridized carbons (Fsp3) is 0.176. The van der Waals surface area contributed by atoms with Crippen LogP contribution in [0.5, 0.6) is 0 Å². The Morgan fingerprint density at radius 3 is 2.71 bits per heavy atom. The van der Waals surface area contributed by atoms with Crippen molar-refractivity contribution in [2.45, 2.75) is 18.4 Å². The maximum atomic E-state index is 13.8. The smallest absolute Gasteiger partial charge is 0.223 e. The molecule has 1 aromatic heterocycles. The molecule has 0 aliphatic heterocycles. The van der Waals surface area contributed by atoms with E-state index in [2.05, 4.69) is 14.5 Å². The van der Waals surface area contributed by atoms with Gasteiger partial charge in [0.2, 0.25) is 11.7 Å². The Hall–Kier alpha value is -2.54. The van der Waals surface area contributed by atoms with Gasteiger partial charge in [0.1, 0.15) is 5.82 Å². The summed E-state index contributed by atoms with van der Waals surface area (Å²) in [5.41, 5.74) is 1.62. The van der Waals surface area contributed by atoms with Crippen LogP contribution in [0.15, 0.2) is 62.3 Å². The van der Waals surface area contributed by atoms with E-state index in [1.54, 1.807) is 19.1 Å². The van der Waals surface area contributed by atoms with E-state index >= 15 is 0 Å². The SMILES string of the molecule is Cc1nc(-c2cccc(CN=S(C)(=O)c3ccccc3F)c2)no1. The zero-order valence-corrected chi connectivity index (χ0v) is 14.1. The van der Waals surface area contributed by atoms with Crippen LogP contribution in [0, 0.1) is 12.7 Å².